The minimum Gasteiger partial charge on any atom is -0.481 e. The summed E-state index contributed by atoms with van der Waals surface area (Å²) in [5.41, 5.74) is 8.23. The molecule has 1 aromatic rings. The standard InChI is InChI=1S/C14H13ClN2O2/c1-14(2)9-4-7(13(16)18)3-8(9)12-10(15)5-17-6-11(12)19-14/h4-6H,3H2,1-2H3,(H2,16,18). The number of hydrogen-bond donors (Lipinski definition) is 1. The third kappa shape index (κ3) is 1.75. The summed E-state index contributed by atoms with van der Waals surface area (Å²) in [7, 11) is 0. The van der Waals surface area contributed by atoms with Gasteiger partial charge in [0.25, 0.3) is 0 Å². The van der Waals surface area contributed by atoms with Crippen LogP contribution in [0, 0.1) is 0 Å². The van der Waals surface area contributed by atoms with Gasteiger partial charge in [-0.3, -0.25) is 9.78 Å². The molecule has 0 saturated heterocycles. The van der Waals surface area contributed by atoms with Gasteiger partial charge in [0.1, 0.15) is 11.4 Å². The summed E-state index contributed by atoms with van der Waals surface area (Å²) in [5, 5.41) is 0.527. The molecule has 19 heavy (non-hydrogen) atoms. The van der Waals surface area contributed by atoms with Gasteiger partial charge in [0.2, 0.25) is 5.91 Å². The fourth-order valence-corrected chi connectivity index (χ4v) is 2.90. The molecule has 0 radical (unpaired) electrons. The first-order valence-corrected chi connectivity index (χ1v) is 6.35. The lowest BCUT2D eigenvalue weighted by Gasteiger charge is -2.34. The van der Waals surface area contributed by atoms with E-state index >= 15 is 0 Å². The summed E-state index contributed by atoms with van der Waals surface area (Å²) in [5.74, 6) is 0.243. The van der Waals surface area contributed by atoms with E-state index in [9.17, 15) is 4.79 Å². The van der Waals surface area contributed by atoms with Gasteiger partial charge in [-0.25, -0.2) is 0 Å². The van der Waals surface area contributed by atoms with E-state index in [1.165, 1.54) is 0 Å². The summed E-state index contributed by atoms with van der Waals surface area (Å²) < 4.78 is 5.94. The number of halogens is 1. The predicted octanol–water partition coefficient (Wildman–Crippen LogP) is 2.47. The van der Waals surface area contributed by atoms with Crippen LogP contribution in [0.5, 0.6) is 5.75 Å². The molecule has 2 N–H and O–H groups in total. The lowest BCUT2D eigenvalue weighted by molar-refractivity contribution is -0.114. The second-order valence-corrected chi connectivity index (χ2v) is 5.62. The van der Waals surface area contributed by atoms with Gasteiger partial charge < -0.3 is 10.5 Å². The Labute approximate surface area is 115 Å². The zero-order valence-corrected chi connectivity index (χ0v) is 11.4. The highest BCUT2D eigenvalue weighted by Crippen LogP contribution is 2.49. The monoisotopic (exact) mass is 276 g/mol. The topological polar surface area (TPSA) is 65.2 Å². The molecule has 0 fully saturated rings. The third-order valence-electron chi connectivity index (χ3n) is 3.51. The first-order valence-electron chi connectivity index (χ1n) is 5.97. The molecule has 0 aromatic carbocycles. The van der Waals surface area contributed by atoms with Crippen molar-refractivity contribution in [2.75, 3.05) is 0 Å². The first kappa shape index (κ1) is 12.2. The van der Waals surface area contributed by atoms with Crippen LogP contribution in [0.15, 0.2) is 29.6 Å². The van der Waals surface area contributed by atoms with Crippen molar-refractivity contribution >= 4 is 23.1 Å². The van der Waals surface area contributed by atoms with Gasteiger partial charge in [-0.2, -0.15) is 0 Å². The number of amides is 1. The summed E-state index contributed by atoms with van der Waals surface area (Å²) in [4.78, 5) is 15.4. The van der Waals surface area contributed by atoms with Crippen LogP contribution in [0.3, 0.4) is 0 Å². The first-order chi connectivity index (χ1) is 8.90. The highest BCUT2D eigenvalue weighted by Gasteiger charge is 2.38. The van der Waals surface area contributed by atoms with Crippen molar-refractivity contribution in [1.29, 1.82) is 0 Å². The number of pyridine rings is 1. The number of carbonyl (C=O) groups excluding carboxylic acids is 1. The molecule has 0 bridgehead atoms. The van der Waals surface area contributed by atoms with E-state index in [4.69, 9.17) is 22.1 Å². The molecule has 0 unspecified atom stereocenters. The highest BCUT2D eigenvalue weighted by atomic mass is 35.5. The zero-order valence-electron chi connectivity index (χ0n) is 10.7. The largest absolute Gasteiger partial charge is 0.481 e. The molecule has 4 nitrogen and oxygen atoms in total. The maximum atomic E-state index is 11.4. The number of fused-ring (bicyclic) bond motifs is 2. The maximum Gasteiger partial charge on any atom is 0.244 e. The van der Waals surface area contributed by atoms with Gasteiger partial charge in [-0.15, -0.1) is 0 Å². The Balaban J connectivity index is 2.21. The van der Waals surface area contributed by atoms with E-state index in [2.05, 4.69) is 4.98 Å². The normalized spacial score (nSPS) is 19.4. The molecule has 2 heterocycles. The molecule has 0 spiro atoms. The molecule has 1 aromatic heterocycles. The van der Waals surface area contributed by atoms with Gasteiger partial charge in [0.05, 0.1) is 11.2 Å². The lowest BCUT2D eigenvalue weighted by atomic mass is 9.88. The van der Waals surface area contributed by atoms with Gasteiger partial charge >= 0.3 is 0 Å². The molecule has 5 heteroatoms. The molecule has 3 rings (SSSR count). The molecule has 0 atom stereocenters. The van der Waals surface area contributed by atoms with E-state index in [1.54, 1.807) is 12.4 Å². The van der Waals surface area contributed by atoms with Crippen molar-refractivity contribution in [3.63, 3.8) is 0 Å². The number of ether oxygens (including phenoxy) is 1. The summed E-state index contributed by atoms with van der Waals surface area (Å²) in [6.07, 6.45) is 5.54. The van der Waals surface area contributed by atoms with E-state index in [1.807, 2.05) is 19.9 Å². The Morgan fingerprint density at radius 3 is 2.89 bits per heavy atom. The van der Waals surface area contributed by atoms with Crippen molar-refractivity contribution in [3.05, 3.63) is 40.2 Å². The number of rotatable bonds is 1. The van der Waals surface area contributed by atoms with Crippen LogP contribution in [0.4, 0.5) is 0 Å². The van der Waals surface area contributed by atoms with Crippen LogP contribution in [0.25, 0.3) is 5.57 Å². The quantitative estimate of drug-likeness (QED) is 0.857. The van der Waals surface area contributed by atoms with Gasteiger partial charge in [-0.1, -0.05) is 11.6 Å². The minimum absolute atomic E-state index is 0.406. The van der Waals surface area contributed by atoms with Crippen molar-refractivity contribution in [1.82, 2.24) is 4.98 Å². The molecular weight excluding hydrogens is 264 g/mol. The van der Waals surface area contributed by atoms with Gasteiger partial charge in [-0.05, 0) is 31.1 Å². The van der Waals surface area contributed by atoms with Crippen LogP contribution in [0.1, 0.15) is 25.8 Å². The molecule has 1 aliphatic heterocycles. The molecular formula is C14H13ClN2O2. The minimum atomic E-state index is -0.522. The number of nitrogens with two attached hydrogens (primary N) is 1. The van der Waals surface area contributed by atoms with Crippen molar-refractivity contribution in [3.8, 4) is 5.75 Å². The Kier molecular flexibility index (Phi) is 2.47. The smallest absolute Gasteiger partial charge is 0.244 e. The van der Waals surface area contributed by atoms with Crippen LogP contribution in [0.2, 0.25) is 5.02 Å². The van der Waals surface area contributed by atoms with Crippen LogP contribution < -0.4 is 10.5 Å². The molecule has 1 aliphatic carbocycles. The van der Waals surface area contributed by atoms with E-state index in [-0.39, 0.29) is 0 Å². The Morgan fingerprint density at radius 2 is 2.21 bits per heavy atom. The fourth-order valence-electron chi connectivity index (χ4n) is 2.63. The fraction of sp³-hybridized carbons (Fsp3) is 0.286. The number of nitrogens with zero attached hydrogens (tertiary/aromatic N) is 1. The molecule has 98 valence electrons. The number of hydrogen-bond acceptors (Lipinski definition) is 3. The number of aromatic nitrogens is 1. The summed E-state index contributed by atoms with van der Waals surface area (Å²) >= 11 is 6.21. The highest BCUT2D eigenvalue weighted by molar-refractivity contribution is 6.32. The zero-order chi connectivity index (χ0) is 13.8. The van der Waals surface area contributed by atoms with Crippen molar-refractivity contribution < 1.29 is 9.53 Å². The van der Waals surface area contributed by atoms with Crippen LogP contribution in [-0.4, -0.2) is 16.5 Å². The summed E-state index contributed by atoms with van der Waals surface area (Å²) in [6, 6.07) is 0. The average molecular weight is 277 g/mol. The third-order valence-corrected chi connectivity index (χ3v) is 3.79. The van der Waals surface area contributed by atoms with Crippen molar-refractivity contribution in [2.45, 2.75) is 25.9 Å². The number of carbonyl (C=O) groups is 1. The number of allylic oxidation sites excluding steroid dienone is 1. The predicted molar refractivity (Wildman–Crippen MR) is 72.8 cm³/mol. The molecule has 1 amide bonds. The Morgan fingerprint density at radius 1 is 1.47 bits per heavy atom. The Hall–Kier alpha value is -1.81. The SMILES string of the molecule is CC1(C)Oc2cncc(Cl)c2C2=C1C=C(C(N)=O)C2. The van der Waals surface area contributed by atoms with Crippen LogP contribution in [-0.2, 0) is 4.79 Å². The second-order valence-electron chi connectivity index (χ2n) is 5.21. The van der Waals surface area contributed by atoms with E-state index in [0.717, 1.165) is 16.7 Å². The van der Waals surface area contributed by atoms with Gasteiger partial charge in [0.15, 0.2) is 0 Å². The summed E-state index contributed by atoms with van der Waals surface area (Å²) in [6.45, 7) is 3.90. The van der Waals surface area contributed by atoms with Crippen molar-refractivity contribution in [2.24, 2.45) is 5.73 Å². The van der Waals surface area contributed by atoms with E-state index < -0.39 is 11.5 Å². The number of primary amides is 1. The van der Waals surface area contributed by atoms with E-state index in [0.29, 0.717) is 22.8 Å². The lowest BCUT2D eigenvalue weighted by Crippen LogP contribution is -2.33. The average Bonchev–Trinajstić information content (AvgIpc) is 2.74. The Bertz CT molecular complexity index is 659. The molecule has 2 aliphatic rings. The van der Waals surface area contributed by atoms with Crippen LogP contribution >= 0.6 is 11.6 Å². The second kappa shape index (κ2) is 3.84. The maximum absolute atomic E-state index is 11.4. The van der Waals surface area contributed by atoms with Gasteiger partial charge in [0, 0.05) is 23.8 Å². The molecule has 0 saturated carbocycles.